The third-order valence-corrected chi connectivity index (χ3v) is 16.0. The highest BCUT2D eigenvalue weighted by molar-refractivity contribution is 7.45. The van der Waals surface area contributed by atoms with Crippen LogP contribution in [-0.4, -0.2) is 27.1 Å². The number of hydrogen-bond donors (Lipinski definition) is 3. The number of unbranched alkanes of at least 4 members (excludes halogenated alkanes) is 10. The van der Waals surface area contributed by atoms with Gasteiger partial charge in [-0.2, -0.15) is 0 Å². The maximum Gasteiger partial charge on any atom is 0.346 e. The topological polar surface area (TPSA) is 116 Å². The lowest BCUT2D eigenvalue weighted by Crippen LogP contribution is -2.78. The van der Waals surface area contributed by atoms with Crippen molar-refractivity contribution in [1.29, 1.82) is 0 Å². The molecule has 9 nitrogen and oxygen atoms in total. The lowest BCUT2D eigenvalue weighted by Gasteiger charge is -2.66. The average molecular weight is 879 g/mol. The molecule has 6 fully saturated rings. The smallest absolute Gasteiger partial charge is 0.346 e. The highest BCUT2D eigenvalue weighted by Crippen LogP contribution is 2.90. The fraction of sp³-hybridized carbons (Fsp3) is 0.640. The van der Waals surface area contributed by atoms with E-state index in [2.05, 4.69) is 81.4 Å². The van der Waals surface area contributed by atoms with E-state index in [-0.39, 0.29) is 17.2 Å². The number of fused-ring (bicyclic) bond motifs is 1. The van der Waals surface area contributed by atoms with Crippen LogP contribution in [0.2, 0.25) is 0 Å². The van der Waals surface area contributed by atoms with Crippen molar-refractivity contribution in [2.75, 3.05) is 0 Å². The summed E-state index contributed by atoms with van der Waals surface area (Å²) >= 11 is 0. The minimum atomic E-state index is -1.92. The molecule has 0 spiro atoms. The molecule has 336 valence electrons. The summed E-state index contributed by atoms with van der Waals surface area (Å²) in [6.45, 7) is 27.2. The first-order valence-corrected chi connectivity index (χ1v) is 25.0. The van der Waals surface area contributed by atoms with Crippen LogP contribution in [0.5, 0.6) is 17.2 Å². The monoisotopic (exact) mass is 878 g/mol. The van der Waals surface area contributed by atoms with Gasteiger partial charge in [-0.1, -0.05) is 152 Å². The third-order valence-electron chi connectivity index (χ3n) is 13.6. The molecule has 0 radical (unpaired) electrons. The molecule has 6 heterocycles. The number of phenols is 3. The minimum Gasteiger partial charge on any atom is -0.508 e. The first kappa shape index (κ1) is 46.7. The molecule has 0 aromatic heterocycles. The van der Waals surface area contributed by atoms with E-state index < -0.39 is 56.2 Å². The molecule has 9 rings (SSSR count). The van der Waals surface area contributed by atoms with Gasteiger partial charge in [0.2, 0.25) is 11.4 Å². The van der Waals surface area contributed by atoms with Crippen molar-refractivity contribution in [3.63, 3.8) is 0 Å². The summed E-state index contributed by atoms with van der Waals surface area (Å²) in [5, 5.41) is 34.8. The van der Waals surface area contributed by atoms with Crippen molar-refractivity contribution < 1.29 is 42.5 Å². The summed E-state index contributed by atoms with van der Waals surface area (Å²) in [6.07, 6.45) is 13.6. The van der Waals surface area contributed by atoms with E-state index in [9.17, 15) is 15.3 Å². The van der Waals surface area contributed by atoms with E-state index in [1.54, 1.807) is 6.07 Å². The summed E-state index contributed by atoms with van der Waals surface area (Å²) < 4.78 is 41.4. The predicted octanol–water partition coefficient (Wildman–Crippen LogP) is 14.5. The van der Waals surface area contributed by atoms with Crippen molar-refractivity contribution in [3.8, 4) is 17.2 Å². The molecule has 6 saturated heterocycles. The van der Waals surface area contributed by atoms with E-state index in [0.717, 1.165) is 63.8 Å². The average Bonchev–Trinajstić information content (AvgIpc) is 3.58. The zero-order chi connectivity index (χ0) is 44.6. The van der Waals surface area contributed by atoms with Crippen LogP contribution in [0.1, 0.15) is 196 Å². The molecule has 0 aliphatic carbocycles. The number of benzene rings is 3. The molecule has 3 N–H and O–H groups in total. The molecule has 11 heteroatoms. The summed E-state index contributed by atoms with van der Waals surface area (Å²) in [4.78, 5) is 0. The molecular weight excluding hydrogens is 806 g/mol. The second kappa shape index (κ2) is 16.6. The van der Waals surface area contributed by atoms with Crippen molar-refractivity contribution in [2.24, 2.45) is 0 Å². The SMILES string of the molecule is CCCCCCCCCCCCCC(c1cc(C(C)(C)C)c(O)cc1C)(c1cc(C(C)(C)C)c(O)cc1C)C12OP(O1)OC2(c1cc(C(C)(C)C)c(O)cc1C)C12OP(O1)O2. The van der Waals surface area contributed by atoms with Gasteiger partial charge in [-0.25, -0.2) is 13.6 Å². The molecule has 61 heavy (non-hydrogen) atoms. The van der Waals surface area contributed by atoms with Crippen LogP contribution in [0.4, 0.5) is 0 Å². The van der Waals surface area contributed by atoms with Gasteiger partial charge >= 0.3 is 23.2 Å². The molecule has 6 aliphatic rings. The molecule has 1 unspecified atom stereocenters. The van der Waals surface area contributed by atoms with Gasteiger partial charge in [0.15, 0.2) is 0 Å². The van der Waals surface area contributed by atoms with Crippen LogP contribution >= 0.6 is 17.2 Å². The van der Waals surface area contributed by atoms with E-state index in [4.69, 9.17) is 27.1 Å². The Kier molecular flexibility index (Phi) is 12.7. The summed E-state index contributed by atoms with van der Waals surface area (Å²) in [5.74, 6) is -2.72. The second-order valence-electron chi connectivity index (χ2n) is 21.3. The van der Waals surface area contributed by atoms with E-state index in [1.165, 1.54) is 51.4 Å². The summed E-state index contributed by atoms with van der Waals surface area (Å²) in [7, 11) is -3.48. The van der Waals surface area contributed by atoms with E-state index in [1.807, 2.05) is 39.0 Å². The Morgan fingerprint density at radius 3 is 1.23 bits per heavy atom. The highest BCUT2D eigenvalue weighted by Gasteiger charge is 2.95. The van der Waals surface area contributed by atoms with Gasteiger partial charge in [0, 0.05) is 5.56 Å². The first-order chi connectivity index (χ1) is 28.5. The fourth-order valence-corrected chi connectivity index (χ4v) is 13.0. The maximum atomic E-state index is 11.7. The molecule has 0 amide bonds. The van der Waals surface area contributed by atoms with Crippen molar-refractivity contribution >= 4 is 17.2 Å². The zero-order valence-electron chi connectivity index (χ0n) is 39.1. The Bertz CT molecular complexity index is 2020. The lowest BCUT2D eigenvalue weighted by molar-refractivity contribution is -0.493. The Morgan fingerprint density at radius 2 is 0.836 bits per heavy atom. The van der Waals surface area contributed by atoms with Gasteiger partial charge in [0.1, 0.15) is 17.2 Å². The predicted molar refractivity (Wildman–Crippen MR) is 244 cm³/mol. The molecule has 1 atom stereocenters. The van der Waals surface area contributed by atoms with Gasteiger partial charge in [0.25, 0.3) is 0 Å². The number of aryl methyl sites for hydroxylation is 3. The molecule has 6 aliphatic heterocycles. The summed E-state index contributed by atoms with van der Waals surface area (Å²) in [6, 6.07) is 11.8. The molecule has 3 aromatic rings. The van der Waals surface area contributed by atoms with E-state index in [0.29, 0.717) is 12.0 Å². The highest BCUT2D eigenvalue weighted by atomic mass is 31.2. The van der Waals surface area contributed by atoms with E-state index >= 15 is 0 Å². The van der Waals surface area contributed by atoms with Crippen molar-refractivity contribution in [1.82, 2.24) is 0 Å². The fourth-order valence-electron chi connectivity index (χ4n) is 10.3. The number of rotatable bonds is 17. The molecule has 0 saturated carbocycles. The van der Waals surface area contributed by atoms with Crippen LogP contribution in [0.3, 0.4) is 0 Å². The van der Waals surface area contributed by atoms with Gasteiger partial charge in [-0.3, -0.25) is 13.6 Å². The maximum absolute atomic E-state index is 11.7. The van der Waals surface area contributed by atoms with Crippen LogP contribution < -0.4 is 0 Å². The van der Waals surface area contributed by atoms with Gasteiger partial charge in [-0.05, 0) is 112 Å². The lowest BCUT2D eigenvalue weighted by atomic mass is 9.56. The number of phenolic OH excluding ortho intramolecular Hbond substituents is 3. The van der Waals surface area contributed by atoms with Crippen LogP contribution in [0.15, 0.2) is 36.4 Å². The van der Waals surface area contributed by atoms with Gasteiger partial charge < -0.3 is 15.3 Å². The Morgan fingerprint density at radius 1 is 0.459 bits per heavy atom. The summed E-state index contributed by atoms with van der Waals surface area (Å²) in [5.41, 5.74) is 3.20. The Balaban J connectivity index is 1.49. The normalized spacial score (nSPS) is 25.9. The first-order valence-electron chi connectivity index (χ1n) is 22.8. The molecule has 3 aromatic carbocycles. The van der Waals surface area contributed by atoms with Crippen LogP contribution in [-0.2, 0) is 54.4 Å². The Hall–Kier alpha value is -2.32. The number of hydrogen-bond acceptors (Lipinski definition) is 9. The quantitative estimate of drug-likeness (QED) is 0.0900. The Labute approximate surface area is 368 Å². The molecular formula is C50H72O9P2. The second-order valence-corrected chi connectivity index (χ2v) is 23.3. The third kappa shape index (κ3) is 7.67. The largest absolute Gasteiger partial charge is 0.508 e. The standard InChI is InChI=1S/C50H72O9P2/c1-14-15-16-17-18-19-20-21-22-23-24-25-47(35-29-38(44(5,6)7)41(51)26-32(35)2,36-30-39(45(8,9)10)42(52)27-33(36)3)49-48(54-60(55-49)56-49,50-57-61(58-50)59-50)37-31-40(46(11,12)13)43(53)28-34(37)4/h26-31,51-53H,14-25H2,1-13H3. The van der Waals surface area contributed by atoms with Gasteiger partial charge in [0.05, 0.1) is 5.41 Å². The number of aromatic hydroxyl groups is 3. The van der Waals surface area contributed by atoms with Crippen molar-refractivity contribution in [3.05, 3.63) is 86.5 Å². The minimum absolute atomic E-state index is 0.182. The van der Waals surface area contributed by atoms with Crippen LogP contribution in [0.25, 0.3) is 0 Å². The molecule has 4 bridgehead atoms. The van der Waals surface area contributed by atoms with Crippen LogP contribution in [0, 0.1) is 20.8 Å². The van der Waals surface area contributed by atoms with Gasteiger partial charge in [-0.15, -0.1) is 0 Å². The zero-order valence-corrected chi connectivity index (χ0v) is 40.9. The van der Waals surface area contributed by atoms with Crippen molar-refractivity contribution in [2.45, 2.75) is 206 Å².